The molecular formula is C37H37N3O5. The lowest BCUT2D eigenvalue weighted by molar-refractivity contribution is -0.132. The minimum atomic E-state index is -0.703. The van der Waals surface area contributed by atoms with Gasteiger partial charge in [0.05, 0.1) is 5.52 Å². The van der Waals surface area contributed by atoms with Gasteiger partial charge in [0.2, 0.25) is 5.91 Å². The number of amides is 1. The van der Waals surface area contributed by atoms with Gasteiger partial charge in [-0.05, 0) is 50.7 Å². The molecule has 5 aromatic rings. The van der Waals surface area contributed by atoms with Gasteiger partial charge in [0.25, 0.3) is 0 Å². The molecule has 0 radical (unpaired) electrons. The average molecular weight is 604 g/mol. The summed E-state index contributed by atoms with van der Waals surface area (Å²) in [5.74, 6) is -0.248. The number of fused-ring (bicyclic) bond motifs is 2. The lowest BCUT2D eigenvalue weighted by Gasteiger charge is -2.33. The molecule has 45 heavy (non-hydrogen) atoms. The minimum absolute atomic E-state index is 0.0221. The molecule has 2 aliphatic rings. The number of para-hydroxylation sites is 1. The summed E-state index contributed by atoms with van der Waals surface area (Å²) in [6.07, 6.45) is 6.27. The van der Waals surface area contributed by atoms with E-state index >= 15 is 0 Å². The number of aromatic hydroxyl groups is 2. The predicted molar refractivity (Wildman–Crippen MR) is 176 cm³/mol. The maximum absolute atomic E-state index is 14.0. The Labute approximate surface area is 261 Å². The van der Waals surface area contributed by atoms with Crippen molar-refractivity contribution in [2.75, 3.05) is 31.1 Å². The molecule has 8 nitrogen and oxygen atoms in total. The van der Waals surface area contributed by atoms with E-state index in [0.29, 0.717) is 30.0 Å². The van der Waals surface area contributed by atoms with E-state index in [4.69, 9.17) is 9.40 Å². The first-order chi connectivity index (χ1) is 22.0. The van der Waals surface area contributed by atoms with Crippen LogP contribution in [0.3, 0.4) is 0 Å². The number of anilines is 1. The zero-order valence-electron chi connectivity index (χ0n) is 25.2. The third kappa shape index (κ3) is 5.61. The summed E-state index contributed by atoms with van der Waals surface area (Å²) in [7, 11) is 0. The highest BCUT2D eigenvalue weighted by atomic mass is 16.3. The molecule has 2 aliphatic heterocycles. The first-order valence-electron chi connectivity index (χ1n) is 16.0. The molecule has 8 heteroatoms. The summed E-state index contributed by atoms with van der Waals surface area (Å²) < 4.78 is 6.44. The fraction of sp³-hybridized carbons (Fsp3) is 0.324. The Kier molecular flexibility index (Phi) is 7.88. The Morgan fingerprint density at radius 3 is 2.27 bits per heavy atom. The van der Waals surface area contributed by atoms with Gasteiger partial charge in [-0.25, -0.2) is 4.98 Å². The van der Waals surface area contributed by atoms with E-state index in [9.17, 15) is 19.8 Å². The Bertz CT molecular complexity index is 1920. The maximum Gasteiger partial charge on any atom is 0.223 e. The third-order valence-corrected chi connectivity index (χ3v) is 9.26. The number of hydrogen-bond donors (Lipinski definition) is 2. The van der Waals surface area contributed by atoms with Crippen molar-refractivity contribution in [1.82, 2.24) is 9.88 Å². The molecule has 1 amide bonds. The van der Waals surface area contributed by atoms with E-state index in [-0.39, 0.29) is 34.8 Å². The number of nitrogens with zero attached hydrogens (tertiary/aromatic N) is 3. The number of phenols is 2. The molecule has 0 spiro atoms. The Morgan fingerprint density at radius 1 is 0.822 bits per heavy atom. The topological polar surface area (TPSA) is 107 Å². The van der Waals surface area contributed by atoms with E-state index in [1.165, 1.54) is 12.1 Å². The van der Waals surface area contributed by atoms with E-state index in [1.54, 1.807) is 0 Å². The van der Waals surface area contributed by atoms with Crippen molar-refractivity contribution in [2.45, 2.75) is 50.9 Å². The molecule has 2 saturated heterocycles. The van der Waals surface area contributed by atoms with Crippen LogP contribution in [0.4, 0.5) is 5.82 Å². The third-order valence-electron chi connectivity index (χ3n) is 9.26. The average Bonchev–Trinajstić information content (AvgIpc) is 3.08. The van der Waals surface area contributed by atoms with Crippen molar-refractivity contribution >= 4 is 33.6 Å². The zero-order chi connectivity index (χ0) is 30.9. The van der Waals surface area contributed by atoms with Crippen LogP contribution in [-0.2, 0) is 4.79 Å². The van der Waals surface area contributed by atoms with Gasteiger partial charge in [0.1, 0.15) is 34.0 Å². The van der Waals surface area contributed by atoms with E-state index in [2.05, 4.69) is 11.0 Å². The second-order valence-corrected chi connectivity index (χ2v) is 12.2. The first kappa shape index (κ1) is 28.9. The summed E-state index contributed by atoms with van der Waals surface area (Å²) in [6, 6.07) is 21.8. The summed E-state index contributed by atoms with van der Waals surface area (Å²) >= 11 is 0. The van der Waals surface area contributed by atoms with E-state index in [1.807, 2.05) is 59.5 Å². The maximum atomic E-state index is 14.0. The molecule has 1 atom stereocenters. The highest BCUT2D eigenvalue weighted by Crippen LogP contribution is 2.46. The van der Waals surface area contributed by atoms with Crippen molar-refractivity contribution in [3.63, 3.8) is 0 Å². The minimum Gasteiger partial charge on any atom is -0.507 e. The van der Waals surface area contributed by atoms with Crippen LogP contribution < -0.4 is 10.3 Å². The monoisotopic (exact) mass is 603 g/mol. The van der Waals surface area contributed by atoms with Gasteiger partial charge < -0.3 is 24.4 Å². The molecular weight excluding hydrogens is 566 g/mol. The van der Waals surface area contributed by atoms with Crippen molar-refractivity contribution < 1.29 is 19.4 Å². The molecule has 0 aliphatic carbocycles. The molecule has 7 rings (SSSR count). The van der Waals surface area contributed by atoms with Crippen LogP contribution in [0.25, 0.3) is 33.2 Å². The SMILES string of the molecule is O=C(CC(c1cc2ccccc2nc1N1CCCCC1)c1c(O)cc(O)c2c(=O)cc(-c3ccccc3)oc12)N1CCCCC1. The second-order valence-electron chi connectivity index (χ2n) is 12.2. The van der Waals surface area contributed by atoms with Crippen LogP contribution in [0.1, 0.15) is 62.0 Å². The van der Waals surface area contributed by atoms with E-state index in [0.717, 1.165) is 73.9 Å². The van der Waals surface area contributed by atoms with Crippen molar-refractivity contribution in [1.29, 1.82) is 0 Å². The van der Waals surface area contributed by atoms with Gasteiger partial charge in [-0.2, -0.15) is 0 Å². The molecule has 0 bridgehead atoms. The highest BCUT2D eigenvalue weighted by Gasteiger charge is 2.33. The Hall–Kier alpha value is -4.85. The number of piperidine rings is 2. The molecule has 2 aromatic heterocycles. The van der Waals surface area contributed by atoms with Gasteiger partial charge in [-0.1, -0.05) is 48.5 Å². The number of benzene rings is 3. The zero-order valence-corrected chi connectivity index (χ0v) is 25.2. The smallest absolute Gasteiger partial charge is 0.223 e. The largest absolute Gasteiger partial charge is 0.507 e. The number of likely N-dealkylation sites (tertiary alicyclic amines) is 1. The van der Waals surface area contributed by atoms with Crippen LogP contribution in [0.15, 0.2) is 82.0 Å². The molecule has 4 heterocycles. The van der Waals surface area contributed by atoms with Gasteiger partial charge in [-0.15, -0.1) is 0 Å². The van der Waals surface area contributed by atoms with Crippen molar-refractivity contribution in [3.05, 3.63) is 94.1 Å². The normalized spacial score (nSPS) is 16.3. The van der Waals surface area contributed by atoms with Gasteiger partial charge >= 0.3 is 0 Å². The summed E-state index contributed by atoms with van der Waals surface area (Å²) in [5, 5.41) is 23.5. The summed E-state index contributed by atoms with van der Waals surface area (Å²) in [4.78, 5) is 36.9. The fourth-order valence-corrected chi connectivity index (χ4v) is 6.96. The summed E-state index contributed by atoms with van der Waals surface area (Å²) in [6.45, 7) is 3.05. The predicted octanol–water partition coefficient (Wildman–Crippen LogP) is 6.94. The van der Waals surface area contributed by atoms with Crippen LogP contribution >= 0.6 is 0 Å². The highest BCUT2D eigenvalue weighted by molar-refractivity contribution is 5.92. The Balaban J connectivity index is 1.50. The number of carbonyl (C=O) groups excluding carboxylic acids is 1. The number of phenolic OH excluding ortho intramolecular Hbond substituents is 2. The van der Waals surface area contributed by atoms with Crippen molar-refractivity contribution in [2.24, 2.45) is 0 Å². The van der Waals surface area contributed by atoms with Crippen LogP contribution in [0.2, 0.25) is 0 Å². The molecule has 0 saturated carbocycles. The van der Waals surface area contributed by atoms with Gasteiger partial charge in [-0.3, -0.25) is 9.59 Å². The van der Waals surface area contributed by atoms with Crippen molar-refractivity contribution in [3.8, 4) is 22.8 Å². The molecule has 1 unspecified atom stereocenters. The fourth-order valence-electron chi connectivity index (χ4n) is 6.96. The second kappa shape index (κ2) is 12.3. The number of carbonyl (C=O) groups is 1. The molecule has 2 fully saturated rings. The standard InChI is InChI=1S/C37H37N3O5/c41-29-22-30(42)35-31(43)23-32(24-12-4-1-5-13-24)45-36(35)34(29)26(21-33(44)39-16-8-2-9-17-39)27-20-25-14-6-7-15-28(25)38-37(27)40-18-10-3-11-19-40/h1,4-7,12-15,20,22-23,26,41-42H,2-3,8-11,16-19,21H2. The lowest BCUT2D eigenvalue weighted by Crippen LogP contribution is -2.37. The van der Waals surface area contributed by atoms with E-state index < -0.39 is 11.3 Å². The molecule has 230 valence electrons. The quantitative estimate of drug-likeness (QED) is 0.216. The first-order valence-corrected chi connectivity index (χ1v) is 16.0. The number of hydrogen-bond acceptors (Lipinski definition) is 7. The molecule has 2 N–H and O–H groups in total. The van der Waals surface area contributed by atoms with Crippen LogP contribution in [0, 0.1) is 0 Å². The molecule has 3 aromatic carbocycles. The van der Waals surface area contributed by atoms with Gasteiger partial charge in [0, 0.05) is 72.7 Å². The number of aromatic nitrogens is 1. The van der Waals surface area contributed by atoms with Crippen LogP contribution in [0.5, 0.6) is 11.5 Å². The Morgan fingerprint density at radius 2 is 1.51 bits per heavy atom. The summed E-state index contributed by atoms with van der Waals surface area (Å²) in [5.41, 5.74) is 2.28. The number of rotatable bonds is 6. The number of pyridine rings is 1. The van der Waals surface area contributed by atoms with Gasteiger partial charge in [0.15, 0.2) is 5.43 Å². The lowest BCUT2D eigenvalue weighted by atomic mass is 9.85. The van der Waals surface area contributed by atoms with Crippen LogP contribution in [-0.4, -0.2) is 52.2 Å².